The molecular weight excluding hydrogens is 297 g/mol. The van der Waals surface area contributed by atoms with Gasteiger partial charge in [-0.05, 0) is 35.8 Å². The van der Waals surface area contributed by atoms with E-state index in [4.69, 9.17) is 4.74 Å². The molecule has 17 heavy (non-hydrogen) atoms. The van der Waals surface area contributed by atoms with Crippen molar-refractivity contribution in [2.24, 2.45) is 0 Å². The first-order chi connectivity index (χ1) is 7.98. The second-order valence-electron chi connectivity index (χ2n) is 3.75. The second-order valence-corrected chi connectivity index (χ2v) is 4.60. The van der Waals surface area contributed by atoms with Crippen LogP contribution in [0.25, 0.3) is 5.57 Å². The van der Waals surface area contributed by atoms with Crippen LogP contribution in [0.15, 0.2) is 28.7 Å². The molecule has 1 aromatic rings. The van der Waals surface area contributed by atoms with Gasteiger partial charge in [-0.3, -0.25) is 0 Å². The summed E-state index contributed by atoms with van der Waals surface area (Å²) in [6.45, 7) is 1.01. The number of hydrogen-bond acceptors (Lipinski definition) is 1. The van der Waals surface area contributed by atoms with Crippen LogP contribution in [-0.4, -0.2) is 13.2 Å². The number of benzene rings is 1. The minimum absolute atomic E-state index is 0.456. The first kappa shape index (κ1) is 12.6. The average molecular weight is 307 g/mol. The minimum Gasteiger partial charge on any atom is -0.377 e. The average Bonchev–Trinajstić information content (AvgIpc) is 2.29. The van der Waals surface area contributed by atoms with Gasteiger partial charge in [0.2, 0.25) is 0 Å². The highest BCUT2D eigenvalue weighted by Crippen LogP contribution is 2.35. The number of ether oxygens (including phenoxy) is 1. The first-order valence-electron chi connectivity index (χ1n) is 5.12. The summed E-state index contributed by atoms with van der Waals surface area (Å²) in [6.07, 6.45) is -1.84. The highest BCUT2D eigenvalue weighted by molar-refractivity contribution is 9.10. The van der Waals surface area contributed by atoms with E-state index in [1.807, 2.05) is 6.08 Å². The van der Waals surface area contributed by atoms with Crippen molar-refractivity contribution in [2.75, 3.05) is 13.2 Å². The maximum Gasteiger partial charge on any atom is 0.416 e. The van der Waals surface area contributed by atoms with Gasteiger partial charge in [-0.15, -0.1) is 0 Å². The molecule has 1 heterocycles. The zero-order valence-corrected chi connectivity index (χ0v) is 10.4. The third kappa shape index (κ3) is 2.90. The van der Waals surface area contributed by atoms with Crippen molar-refractivity contribution in [3.63, 3.8) is 0 Å². The molecule has 0 fully saturated rings. The standard InChI is InChI=1S/C12H10BrF3O/c13-11-2-1-9(12(14,15)16)7-10(11)8-3-5-17-6-4-8/h1-3,7H,4-6H2. The van der Waals surface area contributed by atoms with E-state index < -0.39 is 11.7 Å². The molecule has 1 aliphatic heterocycles. The van der Waals surface area contributed by atoms with E-state index in [0.29, 0.717) is 29.7 Å². The highest BCUT2D eigenvalue weighted by Gasteiger charge is 2.31. The monoisotopic (exact) mass is 306 g/mol. The lowest BCUT2D eigenvalue weighted by Gasteiger charge is -2.16. The molecular formula is C12H10BrF3O. The van der Waals surface area contributed by atoms with Crippen molar-refractivity contribution in [3.05, 3.63) is 39.9 Å². The van der Waals surface area contributed by atoms with Crippen molar-refractivity contribution < 1.29 is 17.9 Å². The van der Waals surface area contributed by atoms with Crippen molar-refractivity contribution >= 4 is 21.5 Å². The van der Waals surface area contributed by atoms with Gasteiger partial charge in [0, 0.05) is 4.47 Å². The predicted molar refractivity (Wildman–Crippen MR) is 62.6 cm³/mol. The first-order valence-corrected chi connectivity index (χ1v) is 5.91. The normalized spacial score (nSPS) is 16.8. The fraction of sp³-hybridized carbons (Fsp3) is 0.333. The molecule has 0 aromatic heterocycles. The van der Waals surface area contributed by atoms with E-state index in [1.165, 1.54) is 12.1 Å². The van der Waals surface area contributed by atoms with Crippen LogP contribution in [0.1, 0.15) is 17.5 Å². The van der Waals surface area contributed by atoms with Crippen LogP contribution < -0.4 is 0 Å². The maximum absolute atomic E-state index is 12.6. The van der Waals surface area contributed by atoms with Crippen LogP contribution in [0.2, 0.25) is 0 Å². The molecule has 1 nitrogen and oxygen atoms in total. The Balaban J connectivity index is 2.42. The SMILES string of the molecule is FC(F)(F)c1ccc(Br)c(C2=CCOCC2)c1. The predicted octanol–water partition coefficient (Wildman–Crippen LogP) is 4.27. The molecule has 0 bridgehead atoms. The van der Waals surface area contributed by atoms with Gasteiger partial charge in [0.05, 0.1) is 18.8 Å². The van der Waals surface area contributed by atoms with Crippen molar-refractivity contribution in [1.29, 1.82) is 0 Å². The summed E-state index contributed by atoms with van der Waals surface area (Å²) in [5.74, 6) is 0. The summed E-state index contributed by atoms with van der Waals surface area (Å²) >= 11 is 3.28. The fourth-order valence-electron chi connectivity index (χ4n) is 1.72. The van der Waals surface area contributed by atoms with E-state index in [-0.39, 0.29) is 0 Å². The lowest BCUT2D eigenvalue weighted by atomic mass is 9.99. The Bertz CT molecular complexity index is 452. The van der Waals surface area contributed by atoms with Crippen molar-refractivity contribution in [2.45, 2.75) is 12.6 Å². The summed E-state index contributed by atoms with van der Waals surface area (Å²) < 4.78 is 43.6. The topological polar surface area (TPSA) is 9.23 Å². The molecule has 2 rings (SSSR count). The number of alkyl halides is 3. The summed E-state index contributed by atoms with van der Waals surface area (Å²) in [4.78, 5) is 0. The molecule has 0 aliphatic carbocycles. The number of rotatable bonds is 1. The summed E-state index contributed by atoms with van der Waals surface area (Å²) in [5, 5.41) is 0. The van der Waals surface area contributed by atoms with Crippen molar-refractivity contribution in [1.82, 2.24) is 0 Å². The van der Waals surface area contributed by atoms with Crippen LogP contribution in [0.4, 0.5) is 13.2 Å². The van der Waals surface area contributed by atoms with E-state index in [9.17, 15) is 13.2 Å². The minimum atomic E-state index is -4.30. The van der Waals surface area contributed by atoms with Crippen LogP contribution in [0.5, 0.6) is 0 Å². The summed E-state index contributed by atoms with van der Waals surface area (Å²) in [6, 6.07) is 3.70. The largest absolute Gasteiger partial charge is 0.416 e. The summed E-state index contributed by atoms with van der Waals surface area (Å²) in [5.41, 5.74) is 0.875. The van der Waals surface area contributed by atoms with Gasteiger partial charge in [0.25, 0.3) is 0 Å². The smallest absolute Gasteiger partial charge is 0.377 e. The second kappa shape index (κ2) is 4.82. The third-order valence-corrected chi connectivity index (χ3v) is 3.29. The lowest BCUT2D eigenvalue weighted by molar-refractivity contribution is -0.137. The Labute approximate surface area is 105 Å². The molecule has 0 saturated heterocycles. The Morgan fingerprint density at radius 3 is 2.59 bits per heavy atom. The Kier molecular flexibility index (Phi) is 3.58. The van der Waals surface area contributed by atoms with Gasteiger partial charge in [0.1, 0.15) is 0 Å². The van der Waals surface area contributed by atoms with Crippen LogP contribution in [0.3, 0.4) is 0 Å². The van der Waals surface area contributed by atoms with Gasteiger partial charge < -0.3 is 4.74 Å². The van der Waals surface area contributed by atoms with Gasteiger partial charge >= 0.3 is 6.18 Å². The fourth-order valence-corrected chi connectivity index (χ4v) is 2.22. The molecule has 1 aromatic carbocycles. The van der Waals surface area contributed by atoms with Gasteiger partial charge in [-0.25, -0.2) is 0 Å². The zero-order valence-electron chi connectivity index (χ0n) is 8.85. The van der Waals surface area contributed by atoms with Crippen LogP contribution in [0, 0.1) is 0 Å². The third-order valence-electron chi connectivity index (χ3n) is 2.60. The molecule has 92 valence electrons. The van der Waals surface area contributed by atoms with Gasteiger partial charge in [-0.2, -0.15) is 13.2 Å². The van der Waals surface area contributed by atoms with E-state index >= 15 is 0 Å². The molecule has 0 spiro atoms. The Hall–Kier alpha value is -0.810. The lowest BCUT2D eigenvalue weighted by Crippen LogP contribution is -2.08. The molecule has 0 atom stereocenters. The van der Waals surface area contributed by atoms with Crippen LogP contribution >= 0.6 is 15.9 Å². The molecule has 0 saturated carbocycles. The Morgan fingerprint density at radius 2 is 2.00 bits per heavy atom. The van der Waals surface area contributed by atoms with Crippen LogP contribution in [-0.2, 0) is 10.9 Å². The van der Waals surface area contributed by atoms with Crippen molar-refractivity contribution in [3.8, 4) is 0 Å². The molecule has 0 unspecified atom stereocenters. The molecule has 0 N–H and O–H groups in total. The zero-order chi connectivity index (χ0) is 12.5. The molecule has 5 heteroatoms. The number of halogens is 4. The summed E-state index contributed by atoms with van der Waals surface area (Å²) in [7, 11) is 0. The maximum atomic E-state index is 12.6. The van der Waals surface area contributed by atoms with Gasteiger partial charge in [0.15, 0.2) is 0 Å². The quantitative estimate of drug-likeness (QED) is 0.753. The van der Waals surface area contributed by atoms with E-state index in [1.54, 1.807) is 0 Å². The van der Waals surface area contributed by atoms with E-state index in [2.05, 4.69) is 15.9 Å². The molecule has 1 aliphatic rings. The molecule has 0 radical (unpaired) electrons. The number of hydrogen-bond donors (Lipinski definition) is 0. The molecule has 0 amide bonds. The highest BCUT2D eigenvalue weighted by atomic mass is 79.9. The Morgan fingerprint density at radius 1 is 1.24 bits per heavy atom. The van der Waals surface area contributed by atoms with E-state index in [0.717, 1.165) is 11.6 Å². The van der Waals surface area contributed by atoms with Gasteiger partial charge in [-0.1, -0.05) is 22.0 Å².